The first kappa shape index (κ1) is 16.6. The molecule has 0 unspecified atom stereocenters. The van der Waals surface area contributed by atoms with Gasteiger partial charge in [0.15, 0.2) is 0 Å². The van der Waals surface area contributed by atoms with Crippen LogP contribution in [0.15, 0.2) is 0 Å². The molecule has 3 heterocycles. The third-order valence-corrected chi connectivity index (χ3v) is 8.62. The normalized spacial score (nSPS) is 53.4. The van der Waals surface area contributed by atoms with Crippen LogP contribution in [-0.4, -0.2) is 54.4 Å². The van der Waals surface area contributed by atoms with Crippen molar-refractivity contribution in [3.8, 4) is 0 Å². The number of ether oxygens (including phenoxy) is 2. The monoisotopic (exact) mass is 348 g/mol. The van der Waals surface area contributed by atoms with Crippen molar-refractivity contribution in [2.24, 2.45) is 23.7 Å². The Morgan fingerprint density at radius 3 is 2.64 bits per heavy atom. The second-order valence-corrected chi connectivity index (χ2v) is 10.3. The molecule has 4 heteroatoms. The Labute approximate surface area is 151 Å². The number of nitrogens with zero attached hydrogens (tertiary/aromatic N) is 1. The number of hydrogen-bond donors (Lipinski definition) is 0. The SMILES string of the molecule is C[C@@H]1CC[C@@H]2[C@H](C[N+]3(C)CCCCC3)C(=O)O[C@]23[C@H]1CC[C@@]1(C)O[C@@H]31. The molecule has 0 bridgehead atoms. The molecule has 140 valence electrons. The van der Waals surface area contributed by atoms with Crippen molar-refractivity contribution in [2.75, 3.05) is 26.7 Å². The highest BCUT2D eigenvalue weighted by Gasteiger charge is 2.77. The molecule has 0 N–H and O–H groups in total. The van der Waals surface area contributed by atoms with Crippen LogP contribution >= 0.6 is 0 Å². The first-order chi connectivity index (χ1) is 11.9. The maximum Gasteiger partial charge on any atom is 0.315 e. The van der Waals surface area contributed by atoms with Crippen LogP contribution in [0.5, 0.6) is 0 Å². The van der Waals surface area contributed by atoms with Gasteiger partial charge in [0.2, 0.25) is 0 Å². The quantitative estimate of drug-likeness (QED) is 0.437. The number of likely N-dealkylation sites (tertiary alicyclic amines) is 1. The van der Waals surface area contributed by atoms with Crippen molar-refractivity contribution in [3.63, 3.8) is 0 Å². The number of fused-ring (bicyclic) bond motifs is 1. The van der Waals surface area contributed by atoms with E-state index in [2.05, 4.69) is 20.9 Å². The van der Waals surface area contributed by atoms with Gasteiger partial charge >= 0.3 is 5.97 Å². The van der Waals surface area contributed by atoms with Crippen molar-refractivity contribution in [3.05, 3.63) is 0 Å². The average molecular weight is 349 g/mol. The van der Waals surface area contributed by atoms with Crippen LogP contribution in [0.4, 0.5) is 0 Å². The lowest BCUT2D eigenvalue weighted by Gasteiger charge is -2.50. The summed E-state index contributed by atoms with van der Waals surface area (Å²) >= 11 is 0. The summed E-state index contributed by atoms with van der Waals surface area (Å²) in [7, 11) is 2.36. The predicted octanol–water partition coefficient (Wildman–Crippen LogP) is 3.14. The third-order valence-electron chi connectivity index (χ3n) is 8.62. The zero-order valence-electron chi connectivity index (χ0n) is 16.1. The van der Waals surface area contributed by atoms with E-state index in [0.717, 1.165) is 30.3 Å². The molecule has 4 nitrogen and oxygen atoms in total. The number of epoxide rings is 1. The molecule has 5 rings (SSSR count). The van der Waals surface area contributed by atoms with Gasteiger partial charge < -0.3 is 14.0 Å². The molecule has 3 saturated heterocycles. The lowest BCUT2D eigenvalue weighted by Crippen LogP contribution is -2.59. The summed E-state index contributed by atoms with van der Waals surface area (Å²) in [6.45, 7) is 8.03. The van der Waals surface area contributed by atoms with Gasteiger partial charge in [-0.3, -0.25) is 4.79 Å². The zero-order valence-corrected chi connectivity index (χ0v) is 16.1. The highest BCUT2D eigenvalue weighted by Crippen LogP contribution is 2.66. The summed E-state index contributed by atoms with van der Waals surface area (Å²) in [4.78, 5) is 13.1. The molecular formula is C21H34NO3+. The maximum absolute atomic E-state index is 13.1. The fraction of sp³-hybridized carbons (Fsp3) is 0.952. The second kappa shape index (κ2) is 5.22. The Balaban J connectivity index is 1.47. The maximum atomic E-state index is 13.1. The zero-order chi connectivity index (χ0) is 17.4. The van der Waals surface area contributed by atoms with Gasteiger partial charge in [-0.1, -0.05) is 6.92 Å². The van der Waals surface area contributed by atoms with Crippen LogP contribution in [0, 0.1) is 23.7 Å². The number of rotatable bonds is 2. The molecule has 2 saturated carbocycles. The van der Waals surface area contributed by atoms with E-state index in [-0.39, 0.29) is 29.2 Å². The Morgan fingerprint density at radius 1 is 1.12 bits per heavy atom. The topological polar surface area (TPSA) is 38.8 Å². The molecule has 5 fully saturated rings. The number of carbonyl (C=O) groups excluding carboxylic acids is 1. The minimum absolute atomic E-state index is 0.0232. The van der Waals surface area contributed by atoms with Gasteiger partial charge in [0.05, 0.1) is 32.3 Å². The molecule has 7 atom stereocenters. The van der Waals surface area contributed by atoms with E-state index in [4.69, 9.17) is 9.47 Å². The first-order valence-electron chi connectivity index (χ1n) is 10.6. The number of piperidine rings is 1. The third kappa shape index (κ3) is 2.22. The highest BCUT2D eigenvalue weighted by atomic mass is 16.7. The summed E-state index contributed by atoms with van der Waals surface area (Å²) in [5.41, 5.74) is -0.327. The Hall–Kier alpha value is -0.610. The van der Waals surface area contributed by atoms with E-state index < -0.39 is 0 Å². The molecular weight excluding hydrogens is 314 g/mol. The fourth-order valence-electron chi connectivity index (χ4n) is 7.19. The first-order valence-corrected chi connectivity index (χ1v) is 10.6. The van der Waals surface area contributed by atoms with E-state index in [0.29, 0.717) is 17.8 Å². The smallest absolute Gasteiger partial charge is 0.315 e. The van der Waals surface area contributed by atoms with E-state index in [1.165, 1.54) is 38.8 Å². The van der Waals surface area contributed by atoms with Gasteiger partial charge in [-0.05, 0) is 57.8 Å². The molecule has 2 aliphatic carbocycles. The lowest BCUT2D eigenvalue weighted by molar-refractivity contribution is -0.916. The van der Waals surface area contributed by atoms with Crippen molar-refractivity contribution in [2.45, 2.75) is 76.1 Å². The van der Waals surface area contributed by atoms with E-state index >= 15 is 0 Å². The minimum atomic E-state index is -0.304. The Morgan fingerprint density at radius 2 is 1.88 bits per heavy atom. The standard InChI is InChI=1S/C21H34NO3/c1-14-7-8-17-15(13-22(3)11-5-4-6-12-22)18(23)24-21(17)16(14)9-10-20(2)19(21)25-20/h14-17,19H,4-13H2,1-3H3/q+1/t14-,15+,16+,17-,19-,20-,21-/m1/s1. The van der Waals surface area contributed by atoms with Crippen LogP contribution in [0.1, 0.15) is 58.8 Å². The van der Waals surface area contributed by atoms with Gasteiger partial charge in [0.1, 0.15) is 17.6 Å². The highest BCUT2D eigenvalue weighted by molar-refractivity contribution is 5.77. The number of carbonyl (C=O) groups is 1. The molecule has 0 amide bonds. The molecule has 3 aliphatic heterocycles. The second-order valence-electron chi connectivity index (χ2n) is 10.3. The van der Waals surface area contributed by atoms with Crippen molar-refractivity contribution in [1.82, 2.24) is 0 Å². The van der Waals surface area contributed by atoms with Gasteiger partial charge in [0.25, 0.3) is 0 Å². The minimum Gasteiger partial charge on any atom is -0.455 e. The molecule has 1 spiro atoms. The lowest BCUT2D eigenvalue weighted by atomic mass is 9.55. The van der Waals surface area contributed by atoms with Crippen molar-refractivity contribution in [1.29, 1.82) is 0 Å². The van der Waals surface area contributed by atoms with Crippen molar-refractivity contribution < 1.29 is 18.8 Å². The summed E-state index contributed by atoms with van der Waals surface area (Å²) in [6.07, 6.45) is 8.81. The van der Waals surface area contributed by atoms with Crippen LogP contribution in [0.3, 0.4) is 0 Å². The average Bonchev–Trinajstić information content (AvgIpc) is 3.20. The molecule has 5 aliphatic rings. The Bertz CT molecular complexity index is 586. The number of hydrogen-bond acceptors (Lipinski definition) is 3. The van der Waals surface area contributed by atoms with Crippen LogP contribution < -0.4 is 0 Å². The van der Waals surface area contributed by atoms with E-state index in [1.807, 2.05) is 0 Å². The van der Waals surface area contributed by atoms with E-state index in [9.17, 15) is 4.79 Å². The molecule has 0 aromatic heterocycles. The summed E-state index contributed by atoms with van der Waals surface area (Å²) in [5.74, 6) is 1.72. The summed E-state index contributed by atoms with van der Waals surface area (Å²) < 4.78 is 13.7. The van der Waals surface area contributed by atoms with Gasteiger partial charge in [-0.2, -0.15) is 0 Å². The number of esters is 1. The van der Waals surface area contributed by atoms with Crippen LogP contribution in [-0.2, 0) is 14.3 Å². The predicted molar refractivity (Wildman–Crippen MR) is 94.8 cm³/mol. The largest absolute Gasteiger partial charge is 0.455 e. The fourth-order valence-corrected chi connectivity index (χ4v) is 7.19. The van der Waals surface area contributed by atoms with Gasteiger partial charge in [-0.15, -0.1) is 0 Å². The summed E-state index contributed by atoms with van der Waals surface area (Å²) in [6, 6.07) is 0. The molecule has 25 heavy (non-hydrogen) atoms. The van der Waals surface area contributed by atoms with E-state index in [1.54, 1.807) is 0 Å². The molecule has 0 radical (unpaired) electrons. The molecule has 0 aromatic carbocycles. The van der Waals surface area contributed by atoms with Crippen LogP contribution in [0.25, 0.3) is 0 Å². The summed E-state index contributed by atoms with van der Waals surface area (Å²) in [5, 5.41) is 0. The number of quaternary nitrogens is 1. The van der Waals surface area contributed by atoms with Crippen LogP contribution in [0.2, 0.25) is 0 Å². The molecule has 0 aromatic rings. The Kier molecular flexibility index (Phi) is 3.46. The van der Waals surface area contributed by atoms with Crippen molar-refractivity contribution >= 4 is 5.97 Å². The van der Waals surface area contributed by atoms with Gasteiger partial charge in [0, 0.05) is 11.8 Å². The van der Waals surface area contributed by atoms with Gasteiger partial charge in [-0.25, -0.2) is 0 Å².